The van der Waals surface area contributed by atoms with Gasteiger partial charge in [-0.25, -0.2) is 0 Å². The predicted octanol–water partition coefficient (Wildman–Crippen LogP) is 6.04. The molecule has 0 spiro atoms. The van der Waals surface area contributed by atoms with Gasteiger partial charge in [0.15, 0.2) is 5.82 Å². The van der Waals surface area contributed by atoms with E-state index in [-0.39, 0.29) is 0 Å². The average molecular weight is 417 g/mol. The van der Waals surface area contributed by atoms with Crippen LogP contribution in [0.15, 0.2) is 84.0 Å². The van der Waals surface area contributed by atoms with Crippen molar-refractivity contribution in [3.63, 3.8) is 0 Å². The van der Waals surface area contributed by atoms with E-state index in [1.165, 1.54) is 22.9 Å². The monoisotopic (exact) mass is 416 g/mol. The van der Waals surface area contributed by atoms with E-state index >= 15 is 0 Å². The Balaban J connectivity index is 1.73. The Morgan fingerprint density at radius 1 is 0.862 bits per heavy atom. The van der Waals surface area contributed by atoms with E-state index in [1.807, 2.05) is 42.5 Å². The fraction of sp³-hybridized carbons (Fsp3) is 0.0870. The SMILES string of the molecule is Cc1cccc(-c2nnc(SC(=S)Nc3ccccc3)n2-c2cccc(C)c2)c1. The number of nitrogens with one attached hydrogen (secondary N) is 1. The van der Waals surface area contributed by atoms with Crippen LogP contribution in [-0.2, 0) is 0 Å². The van der Waals surface area contributed by atoms with Gasteiger partial charge in [-0.2, -0.15) is 0 Å². The minimum absolute atomic E-state index is 0.619. The number of nitrogens with zero attached hydrogens (tertiary/aromatic N) is 3. The Morgan fingerprint density at radius 2 is 1.59 bits per heavy atom. The first-order valence-corrected chi connectivity index (χ1v) is 10.5. The molecule has 1 heterocycles. The molecule has 0 amide bonds. The van der Waals surface area contributed by atoms with Gasteiger partial charge in [0.05, 0.1) is 5.69 Å². The summed E-state index contributed by atoms with van der Waals surface area (Å²) in [7, 11) is 0. The first-order valence-electron chi connectivity index (χ1n) is 9.23. The molecule has 0 fully saturated rings. The summed E-state index contributed by atoms with van der Waals surface area (Å²) in [5.74, 6) is 0.796. The van der Waals surface area contributed by atoms with Crippen LogP contribution in [0.5, 0.6) is 0 Å². The molecular weight excluding hydrogens is 396 g/mol. The van der Waals surface area contributed by atoms with E-state index in [1.54, 1.807) is 0 Å². The molecule has 0 aliphatic carbocycles. The van der Waals surface area contributed by atoms with Crippen molar-refractivity contribution in [2.45, 2.75) is 19.0 Å². The highest BCUT2D eigenvalue weighted by Gasteiger charge is 2.18. The Kier molecular flexibility index (Phi) is 5.74. The first-order chi connectivity index (χ1) is 14.1. The van der Waals surface area contributed by atoms with Gasteiger partial charge in [-0.15, -0.1) is 10.2 Å². The molecule has 0 saturated heterocycles. The van der Waals surface area contributed by atoms with Crippen molar-refractivity contribution in [2.24, 2.45) is 0 Å². The Morgan fingerprint density at radius 3 is 2.31 bits per heavy atom. The van der Waals surface area contributed by atoms with Crippen LogP contribution in [0, 0.1) is 13.8 Å². The van der Waals surface area contributed by atoms with Gasteiger partial charge in [0.1, 0.15) is 4.32 Å². The summed E-state index contributed by atoms with van der Waals surface area (Å²) in [5, 5.41) is 12.9. The quantitative estimate of drug-likeness (QED) is 0.324. The lowest BCUT2D eigenvalue weighted by Crippen LogP contribution is -2.07. The Bertz CT molecular complexity index is 1150. The highest BCUT2D eigenvalue weighted by molar-refractivity contribution is 8.23. The van der Waals surface area contributed by atoms with E-state index < -0.39 is 0 Å². The molecule has 0 aliphatic rings. The third-order valence-corrected chi connectivity index (χ3v) is 5.46. The second-order valence-electron chi connectivity index (χ2n) is 6.73. The second-order valence-corrected chi connectivity index (χ2v) is 8.37. The van der Waals surface area contributed by atoms with Gasteiger partial charge in [0.25, 0.3) is 0 Å². The molecule has 29 heavy (non-hydrogen) atoms. The summed E-state index contributed by atoms with van der Waals surface area (Å²) in [4.78, 5) is 0. The molecule has 1 N–H and O–H groups in total. The van der Waals surface area contributed by atoms with E-state index in [4.69, 9.17) is 12.2 Å². The van der Waals surface area contributed by atoms with Crippen molar-refractivity contribution in [1.29, 1.82) is 0 Å². The molecular formula is C23H20N4S2. The van der Waals surface area contributed by atoms with Crippen LogP contribution in [0.25, 0.3) is 17.1 Å². The summed E-state index contributed by atoms with van der Waals surface area (Å²) in [5.41, 5.74) is 5.33. The van der Waals surface area contributed by atoms with Crippen molar-refractivity contribution in [3.05, 3.63) is 90.0 Å². The zero-order valence-corrected chi connectivity index (χ0v) is 17.8. The standard InChI is InChI=1S/C23H20N4S2/c1-16-8-6-10-18(14-16)21-25-26-22(27(21)20-13-7-9-17(2)15-20)29-23(28)24-19-11-4-3-5-12-19/h3-15H,1-2H3,(H,24,28). The molecule has 0 bridgehead atoms. The molecule has 0 unspecified atom stereocenters. The molecule has 0 atom stereocenters. The Labute approximate surface area is 180 Å². The lowest BCUT2D eigenvalue weighted by molar-refractivity contribution is 0.889. The molecule has 6 heteroatoms. The molecule has 0 saturated carbocycles. The number of rotatable bonds is 4. The van der Waals surface area contributed by atoms with Crippen molar-refractivity contribution in [2.75, 3.05) is 5.32 Å². The van der Waals surface area contributed by atoms with Crippen molar-refractivity contribution >= 4 is 34.0 Å². The van der Waals surface area contributed by atoms with Crippen molar-refractivity contribution in [1.82, 2.24) is 14.8 Å². The van der Waals surface area contributed by atoms with Gasteiger partial charge in [0, 0.05) is 11.3 Å². The van der Waals surface area contributed by atoms with Crippen LogP contribution in [0.4, 0.5) is 5.69 Å². The summed E-state index contributed by atoms with van der Waals surface area (Å²) >= 11 is 6.97. The van der Waals surface area contributed by atoms with E-state index in [0.29, 0.717) is 4.32 Å². The highest BCUT2D eigenvalue weighted by atomic mass is 32.2. The molecule has 1 aromatic heterocycles. The third-order valence-electron chi connectivity index (χ3n) is 4.37. The van der Waals surface area contributed by atoms with Crippen LogP contribution >= 0.6 is 24.0 Å². The largest absolute Gasteiger partial charge is 0.341 e. The van der Waals surface area contributed by atoms with Crippen LogP contribution < -0.4 is 5.32 Å². The van der Waals surface area contributed by atoms with Crippen LogP contribution in [0.3, 0.4) is 0 Å². The zero-order chi connectivity index (χ0) is 20.2. The lowest BCUT2D eigenvalue weighted by Gasteiger charge is -2.12. The summed E-state index contributed by atoms with van der Waals surface area (Å²) in [6, 6.07) is 26.5. The summed E-state index contributed by atoms with van der Waals surface area (Å²) in [6.45, 7) is 4.15. The topological polar surface area (TPSA) is 42.7 Å². The number of hydrogen-bond donors (Lipinski definition) is 1. The molecule has 4 aromatic rings. The van der Waals surface area contributed by atoms with E-state index in [9.17, 15) is 0 Å². The highest BCUT2D eigenvalue weighted by Crippen LogP contribution is 2.29. The van der Waals surface area contributed by atoms with Gasteiger partial charge >= 0.3 is 0 Å². The average Bonchev–Trinajstić information content (AvgIpc) is 3.12. The maximum atomic E-state index is 5.57. The maximum Gasteiger partial charge on any atom is 0.203 e. The fourth-order valence-corrected chi connectivity index (χ4v) is 4.10. The fourth-order valence-electron chi connectivity index (χ4n) is 3.05. The van der Waals surface area contributed by atoms with Crippen LogP contribution in [0.1, 0.15) is 11.1 Å². The van der Waals surface area contributed by atoms with Gasteiger partial charge in [-0.05, 0) is 61.5 Å². The number of benzene rings is 3. The first kappa shape index (κ1) is 19.4. The molecule has 4 rings (SSSR count). The number of para-hydroxylation sites is 1. The number of aryl methyl sites for hydroxylation is 2. The number of thiocarbonyl (C=S) groups is 1. The number of aromatic nitrogens is 3. The normalized spacial score (nSPS) is 10.7. The third kappa shape index (κ3) is 4.55. The van der Waals surface area contributed by atoms with Gasteiger partial charge in [-0.1, -0.05) is 66.3 Å². The summed E-state index contributed by atoms with van der Waals surface area (Å²) < 4.78 is 2.68. The lowest BCUT2D eigenvalue weighted by atomic mass is 10.1. The molecule has 144 valence electrons. The smallest absolute Gasteiger partial charge is 0.203 e. The van der Waals surface area contributed by atoms with Gasteiger partial charge < -0.3 is 5.32 Å². The van der Waals surface area contributed by atoms with E-state index in [2.05, 4.69) is 70.3 Å². The maximum absolute atomic E-state index is 5.57. The van der Waals surface area contributed by atoms with Crippen molar-refractivity contribution < 1.29 is 0 Å². The molecule has 0 aliphatic heterocycles. The number of hydrogen-bond acceptors (Lipinski definition) is 4. The van der Waals surface area contributed by atoms with E-state index in [0.717, 1.165) is 27.9 Å². The van der Waals surface area contributed by atoms with Crippen LogP contribution in [-0.4, -0.2) is 19.1 Å². The van der Waals surface area contributed by atoms with Crippen molar-refractivity contribution in [3.8, 4) is 17.1 Å². The predicted molar refractivity (Wildman–Crippen MR) is 125 cm³/mol. The molecule has 4 nitrogen and oxygen atoms in total. The minimum Gasteiger partial charge on any atom is -0.341 e. The zero-order valence-electron chi connectivity index (χ0n) is 16.2. The van der Waals surface area contributed by atoms with Gasteiger partial charge in [0.2, 0.25) is 5.16 Å². The minimum atomic E-state index is 0.619. The summed E-state index contributed by atoms with van der Waals surface area (Å²) in [6.07, 6.45) is 0. The van der Waals surface area contributed by atoms with Crippen LogP contribution in [0.2, 0.25) is 0 Å². The molecule has 3 aromatic carbocycles. The number of thioether (sulfide) groups is 1. The van der Waals surface area contributed by atoms with Gasteiger partial charge in [-0.3, -0.25) is 4.57 Å². The molecule has 0 radical (unpaired) electrons. The number of anilines is 1. The Hall–Kier alpha value is -2.96. The second kappa shape index (κ2) is 8.59.